The summed E-state index contributed by atoms with van der Waals surface area (Å²) in [6, 6.07) is 16.5. The van der Waals surface area contributed by atoms with E-state index in [1.807, 2.05) is 36.7 Å². The Balaban J connectivity index is 1.46. The number of aliphatic hydroxyl groups is 1. The highest BCUT2D eigenvalue weighted by atomic mass is 16.5. The van der Waals surface area contributed by atoms with E-state index in [1.54, 1.807) is 7.11 Å². The first-order valence-corrected chi connectivity index (χ1v) is 13.7. The Morgan fingerprint density at radius 3 is 2.56 bits per heavy atom. The van der Waals surface area contributed by atoms with Gasteiger partial charge < -0.3 is 24.5 Å². The summed E-state index contributed by atoms with van der Waals surface area (Å²) in [5.74, 6) is 1.87. The molecule has 39 heavy (non-hydrogen) atoms. The van der Waals surface area contributed by atoms with Gasteiger partial charge in [0.2, 0.25) is 0 Å². The third-order valence-corrected chi connectivity index (χ3v) is 7.38. The summed E-state index contributed by atoms with van der Waals surface area (Å²) in [7, 11) is 3.85. The third kappa shape index (κ3) is 6.29. The first-order valence-electron chi connectivity index (χ1n) is 13.7. The molecule has 1 fully saturated rings. The van der Waals surface area contributed by atoms with E-state index in [9.17, 15) is 5.11 Å². The number of nitrogens with zero attached hydrogens (tertiary/aromatic N) is 6. The number of rotatable bonds is 9. The molecule has 1 saturated heterocycles. The number of aryl methyl sites for hydroxylation is 1. The van der Waals surface area contributed by atoms with Crippen LogP contribution in [0, 0.1) is 6.92 Å². The largest absolute Gasteiger partial charge is 0.497 e. The zero-order valence-corrected chi connectivity index (χ0v) is 23.2. The molecule has 0 atom stereocenters. The lowest BCUT2D eigenvalue weighted by molar-refractivity contribution is 0.285. The van der Waals surface area contributed by atoms with Crippen LogP contribution in [0.3, 0.4) is 0 Å². The molecular formula is C31H38N6O2. The fraction of sp³-hybridized carbons (Fsp3) is 0.387. The number of methoxy groups -OCH3 is 1. The van der Waals surface area contributed by atoms with E-state index in [1.165, 1.54) is 5.56 Å². The molecule has 0 saturated carbocycles. The van der Waals surface area contributed by atoms with Crippen LogP contribution < -0.4 is 14.5 Å². The molecule has 0 bridgehead atoms. The number of hydrogen-bond acceptors (Lipinski definition) is 8. The van der Waals surface area contributed by atoms with Gasteiger partial charge in [-0.1, -0.05) is 6.07 Å². The molecular weight excluding hydrogens is 488 g/mol. The predicted octanol–water partition coefficient (Wildman–Crippen LogP) is 5.29. The number of ether oxygens (including phenoxy) is 1. The SMILES string of the molecule is COc1cccc(N(CCCCO)c2ccc3c(c2)N=C(c2cnc(N4CCN(C)CC4)c(C)c2)CC=N3)c1. The summed E-state index contributed by atoms with van der Waals surface area (Å²) in [6.07, 6.45) is 6.15. The van der Waals surface area contributed by atoms with E-state index in [-0.39, 0.29) is 6.61 Å². The number of benzene rings is 2. The molecule has 0 unspecified atom stereocenters. The van der Waals surface area contributed by atoms with Gasteiger partial charge in [0.1, 0.15) is 11.6 Å². The van der Waals surface area contributed by atoms with Crippen molar-refractivity contribution in [1.29, 1.82) is 0 Å². The zero-order valence-electron chi connectivity index (χ0n) is 23.2. The summed E-state index contributed by atoms with van der Waals surface area (Å²) in [5, 5.41) is 9.37. The van der Waals surface area contributed by atoms with Crippen molar-refractivity contribution in [1.82, 2.24) is 9.88 Å². The van der Waals surface area contributed by atoms with Crippen LogP contribution in [-0.4, -0.2) is 80.4 Å². The second-order valence-corrected chi connectivity index (χ2v) is 10.2. The molecule has 0 spiro atoms. The number of piperazine rings is 1. The highest BCUT2D eigenvalue weighted by Gasteiger charge is 2.19. The molecule has 2 aliphatic heterocycles. The number of aliphatic hydroxyl groups excluding tert-OH is 1. The maximum atomic E-state index is 9.37. The van der Waals surface area contributed by atoms with Crippen molar-refractivity contribution in [3.63, 3.8) is 0 Å². The quantitative estimate of drug-likeness (QED) is 0.382. The number of anilines is 3. The molecule has 3 aromatic rings. The number of fused-ring (bicyclic) bond motifs is 1. The van der Waals surface area contributed by atoms with Gasteiger partial charge in [-0.05, 0) is 68.8 Å². The molecule has 3 heterocycles. The Labute approximate surface area is 231 Å². The monoisotopic (exact) mass is 526 g/mol. The number of aliphatic imine (C=N–C) groups is 2. The number of aromatic nitrogens is 1. The van der Waals surface area contributed by atoms with E-state index in [4.69, 9.17) is 19.7 Å². The average Bonchev–Trinajstić information content (AvgIpc) is 3.18. The van der Waals surface area contributed by atoms with Crippen LogP contribution in [0.5, 0.6) is 5.75 Å². The smallest absolute Gasteiger partial charge is 0.131 e. The normalized spacial score (nSPS) is 15.5. The van der Waals surface area contributed by atoms with Gasteiger partial charge in [-0.2, -0.15) is 0 Å². The summed E-state index contributed by atoms with van der Waals surface area (Å²) in [6.45, 7) is 7.18. The summed E-state index contributed by atoms with van der Waals surface area (Å²) >= 11 is 0. The highest BCUT2D eigenvalue weighted by molar-refractivity contribution is 6.10. The van der Waals surface area contributed by atoms with Gasteiger partial charge in [0.25, 0.3) is 0 Å². The Morgan fingerprint density at radius 2 is 1.79 bits per heavy atom. The van der Waals surface area contributed by atoms with Crippen LogP contribution >= 0.6 is 0 Å². The van der Waals surface area contributed by atoms with Crippen LogP contribution in [0.1, 0.15) is 30.4 Å². The molecule has 0 radical (unpaired) electrons. The minimum absolute atomic E-state index is 0.180. The third-order valence-electron chi connectivity index (χ3n) is 7.38. The maximum absolute atomic E-state index is 9.37. The predicted molar refractivity (Wildman–Crippen MR) is 160 cm³/mol. The van der Waals surface area contributed by atoms with E-state index < -0.39 is 0 Å². The summed E-state index contributed by atoms with van der Waals surface area (Å²) < 4.78 is 5.48. The lowest BCUT2D eigenvalue weighted by Crippen LogP contribution is -2.45. The van der Waals surface area contributed by atoms with E-state index in [0.717, 1.165) is 91.2 Å². The molecule has 1 aromatic heterocycles. The number of unbranched alkanes of at least 4 members (excludes halogenated alkanes) is 1. The molecule has 2 aliphatic rings. The number of pyridine rings is 1. The second kappa shape index (κ2) is 12.4. The standard InChI is InChI=1S/C31H38N6O2/c1-23-19-24(22-33-31(23)36-16-14-35(2)15-17-36)28-11-12-32-29-10-9-26(21-30(29)34-28)37(13-4-5-18-38)25-7-6-8-27(20-25)39-3/h6-10,12,19-22,38H,4-5,11,13-18H2,1-3H3. The first-order chi connectivity index (χ1) is 19.1. The molecule has 0 aliphatic carbocycles. The molecule has 8 nitrogen and oxygen atoms in total. The summed E-state index contributed by atoms with van der Waals surface area (Å²) in [4.78, 5) is 21.7. The van der Waals surface area contributed by atoms with Crippen molar-refractivity contribution in [3.8, 4) is 5.75 Å². The fourth-order valence-electron chi connectivity index (χ4n) is 5.12. The van der Waals surface area contributed by atoms with E-state index in [0.29, 0.717) is 6.42 Å². The molecule has 8 heteroatoms. The fourth-order valence-corrected chi connectivity index (χ4v) is 5.12. The van der Waals surface area contributed by atoms with Crippen LogP contribution in [-0.2, 0) is 0 Å². The van der Waals surface area contributed by atoms with Gasteiger partial charge in [0.05, 0.1) is 24.2 Å². The van der Waals surface area contributed by atoms with Gasteiger partial charge in [0, 0.05) is 81.2 Å². The van der Waals surface area contributed by atoms with Crippen LogP contribution in [0.25, 0.3) is 0 Å². The lowest BCUT2D eigenvalue weighted by Gasteiger charge is -2.34. The van der Waals surface area contributed by atoms with Crippen LogP contribution in [0.15, 0.2) is 64.7 Å². The van der Waals surface area contributed by atoms with Crippen molar-refractivity contribution in [2.45, 2.75) is 26.2 Å². The van der Waals surface area contributed by atoms with Gasteiger partial charge in [-0.25, -0.2) is 4.98 Å². The lowest BCUT2D eigenvalue weighted by atomic mass is 10.1. The minimum atomic E-state index is 0.180. The van der Waals surface area contributed by atoms with Gasteiger partial charge >= 0.3 is 0 Å². The highest BCUT2D eigenvalue weighted by Crippen LogP contribution is 2.38. The molecule has 0 amide bonds. The Hall–Kier alpha value is -3.75. The van der Waals surface area contributed by atoms with Gasteiger partial charge in [-0.15, -0.1) is 0 Å². The van der Waals surface area contributed by atoms with Crippen molar-refractivity contribution in [3.05, 3.63) is 65.9 Å². The Bertz CT molecular complexity index is 1350. The van der Waals surface area contributed by atoms with Crippen molar-refractivity contribution in [2.75, 3.05) is 63.3 Å². The first kappa shape index (κ1) is 26.8. The Morgan fingerprint density at radius 1 is 0.974 bits per heavy atom. The van der Waals surface area contributed by atoms with Crippen molar-refractivity contribution in [2.24, 2.45) is 9.98 Å². The van der Waals surface area contributed by atoms with Gasteiger partial charge in [0.15, 0.2) is 0 Å². The van der Waals surface area contributed by atoms with Crippen LogP contribution in [0.4, 0.5) is 28.6 Å². The van der Waals surface area contributed by atoms with Crippen molar-refractivity contribution >= 4 is 40.5 Å². The summed E-state index contributed by atoms with van der Waals surface area (Å²) in [5.41, 5.74) is 6.92. The van der Waals surface area contributed by atoms with Crippen LogP contribution in [0.2, 0.25) is 0 Å². The molecule has 1 N–H and O–H groups in total. The second-order valence-electron chi connectivity index (χ2n) is 10.2. The molecule has 5 rings (SSSR count). The molecule has 204 valence electrons. The number of likely N-dealkylation sites (N-methyl/N-ethyl adjacent to an activating group) is 1. The topological polar surface area (TPSA) is 76.8 Å². The maximum Gasteiger partial charge on any atom is 0.131 e. The zero-order chi connectivity index (χ0) is 27.2. The van der Waals surface area contributed by atoms with E-state index >= 15 is 0 Å². The molecule has 2 aromatic carbocycles. The van der Waals surface area contributed by atoms with Crippen molar-refractivity contribution < 1.29 is 9.84 Å². The number of hydrogen-bond donors (Lipinski definition) is 1. The minimum Gasteiger partial charge on any atom is -0.497 e. The average molecular weight is 527 g/mol. The van der Waals surface area contributed by atoms with E-state index in [2.05, 4.69) is 52.9 Å². The van der Waals surface area contributed by atoms with Gasteiger partial charge in [-0.3, -0.25) is 9.98 Å². The Kier molecular flexibility index (Phi) is 8.54.